The fourth-order valence-corrected chi connectivity index (χ4v) is 3.44. The van der Waals surface area contributed by atoms with E-state index in [0.717, 1.165) is 37.3 Å². The van der Waals surface area contributed by atoms with Crippen LogP contribution in [0.25, 0.3) is 5.65 Å². The van der Waals surface area contributed by atoms with Crippen LogP contribution in [0.2, 0.25) is 0 Å². The van der Waals surface area contributed by atoms with Crippen molar-refractivity contribution in [1.82, 2.24) is 19.5 Å². The zero-order chi connectivity index (χ0) is 19.7. The summed E-state index contributed by atoms with van der Waals surface area (Å²) in [5, 5.41) is 16.7. The molecule has 1 aliphatic rings. The number of hydrogen-bond donors (Lipinski definition) is 2. The van der Waals surface area contributed by atoms with Gasteiger partial charge in [0.1, 0.15) is 0 Å². The Labute approximate surface area is 159 Å². The van der Waals surface area contributed by atoms with Crippen molar-refractivity contribution in [3.63, 3.8) is 0 Å². The van der Waals surface area contributed by atoms with Crippen LogP contribution in [0, 0.1) is 5.92 Å². The number of likely N-dealkylation sites (tertiary alicyclic amines) is 1. The average Bonchev–Trinajstić information content (AvgIpc) is 3.28. The summed E-state index contributed by atoms with van der Waals surface area (Å²) in [6, 6.07) is 10.5. The molecule has 1 aliphatic heterocycles. The second-order valence-corrected chi connectivity index (χ2v) is 7.00. The number of anilines is 2. The van der Waals surface area contributed by atoms with E-state index in [1.165, 1.54) is 12.1 Å². The summed E-state index contributed by atoms with van der Waals surface area (Å²) >= 11 is 0. The number of fused-ring (bicyclic) bond motifs is 1. The molecule has 9 heteroatoms. The van der Waals surface area contributed by atoms with Crippen molar-refractivity contribution < 1.29 is 18.3 Å². The van der Waals surface area contributed by atoms with E-state index in [1.54, 1.807) is 4.52 Å². The van der Waals surface area contributed by atoms with Gasteiger partial charge >= 0.3 is 6.18 Å². The normalized spacial score (nSPS) is 18.1. The van der Waals surface area contributed by atoms with E-state index in [1.807, 2.05) is 18.2 Å². The number of rotatable bonds is 5. The first-order chi connectivity index (χ1) is 13.4. The van der Waals surface area contributed by atoms with Gasteiger partial charge in [0, 0.05) is 25.4 Å². The van der Waals surface area contributed by atoms with Gasteiger partial charge in [0.15, 0.2) is 5.65 Å². The molecule has 1 aromatic carbocycles. The largest absolute Gasteiger partial charge is 0.416 e. The molecule has 1 unspecified atom stereocenters. The summed E-state index contributed by atoms with van der Waals surface area (Å²) in [6.45, 7) is 2.66. The third-order valence-corrected chi connectivity index (χ3v) is 4.92. The maximum Gasteiger partial charge on any atom is 0.416 e. The first-order valence-corrected chi connectivity index (χ1v) is 9.04. The van der Waals surface area contributed by atoms with Gasteiger partial charge in [-0.2, -0.15) is 18.2 Å². The number of benzene rings is 1. The Hall–Kier alpha value is -2.65. The molecule has 148 valence electrons. The zero-order valence-corrected chi connectivity index (χ0v) is 15.0. The van der Waals surface area contributed by atoms with Gasteiger partial charge in [-0.25, -0.2) is 4.52 Å². The van der Waals surface area contributed by atoms with Crippen molar-refractivity contribution in [3.05, 3.63) is 53.7 Å². The summed E-state index contributed by atoms with van der Waals surface area (Å²) in [6.07, 6.45) is -3.38. The number of halogens is 3. The molecule has 3 aromatic rings. The maximum atomic E-state index is 12.7. The predicted octanol–water partition coefficient (Wildman–Crippen LogP) is 3.31. The Morgan fingerprint density at radius 1 is 1.14 bits per heavy atom. The van der Waals surface area contributed by atoms with Gasteiger partial charge in [0.05, 0.1) is 11.3 Å². The van der Waals surface area contributed by atoms with E-state index in [9.17, 15) is 18.3 Å². The molecule has 0 saturated carbocycles. The molecule has 0 bridgehead atoms. The van der Waals surface area contributed by atoms with Gasteiger partial charge in [0.2, 0.25) is 5.95 Å². The highest BCUT2D eigenvalue weighted by atomic mass is 19.4. The summed E-state index contributed by atoms with van der Waals surface area (Å²) in [4.78, 5) is 6.67. The van der Waals surface area contributed by atoms with E-state index in [-0.39, 0.29) is 6.61 Å². The molecular formula is C19H20F3N5O. The molecule has 2 aromatic heterocycles. The Morgan fingerprint density at radius 2 is 1.93 bits per heavy atom. The molecule has 1 fully saturated rings. The molecule has 1 atom stereocenters. The number of aromatic nitrogens is 3. The topological polar surface area (TPSA) is 65.7 Å². The Balaban J connectivity index is 1.52. The van der Waals surface area contributed by atoms with Crippen LogP contribution in [0.15, 0.2) is 42.5 Å². The lowest BCUT2D eigenvalue weighted by Crippen LogP contribution is -2.22. The quantitative estimate of drug-likeness (QED) is 0.699. The summed E-state index contributed by atoms with van der Waals surface area (Å²) < 4.78 is 39.8. The van der Waals surface area contributed by atoms with E-state index >= 15 is 0 Å². The van der Waals surface area contributed by atoms with E-state index in [4.69, 9.17) is 0 Å². The summed E-state index contributed by atoms with van der Waals surface area (Å²) in [5.41, 5.74) is 1.40. The van der Waals surface area contributed by atoms with Crippen molar-refractivity contribution in [2.45, 2.75) is 19.1 Å². The van der Waals surface area contributed by atoms with Crippen LogP contribution in [0.5, 0.6) is 0 Å². The summed E-state index contributed by atoms with van der Waals surface area (Å²) in [5.74, 6) is 0.633. The standard InChI is InChI=1S/C19H20F3N5O/c20-19(21,22)14-4-6-15(7-5-14)23-18-24-17-3-1-2-16(27(17)25-18)11-26-9-8-13(10-26)12-28/h1-7,13,28H,8-12H2,(H,23,25). The number of hydrogen-bond acceptors (Lipinski definition) is 5. The molecule has 0 amide bonds. The van der Waals surface area contributed by atoms with Crippen LogP contribution in [0.1, 0.15) is 17.7 Å². The fourth-order valence-electron chi connectivity index (χ4n) is 3.44. The number of alkyl halides is 3. The zero-order valence-electron chi connectivity index (χ0n) is 15.0. The fraction of sp³-hybridized carbons (Fsp3) is 0.368. The van der Waals surface area contributed by atoms with Crippen LogP contribution >= 0.6 is 0 Å². The van der Waals surface area contributed by atoms with Crippen LogP contribution in [0.3, 0.4) is 0 Å². The summed E-state index contributed by atoms with van der Waals surface area (Å²) in [7, 11) is 0. The average molecular weight is 391 g/mol. The maximum absolute atomic E-state index is 12.7. The van der Waals surface area contributed by atoms with Crippen molar-refractivity contribution in [2.24, 2.45) is 5.92 Å². The number of pyridine rings is 1. The van der Waals surface area contributed by atoms with Gasteiger partial charge in [-0.3, -0.25) is 4.90 Å². The Bertz CT molecular complexity index is 954. The molecule has 4 rings (SSSR count). The number of aliphatic hydroxyl groups excluding tert-OH is 1. The minimum Gasteiger partial charge on any atom is -0.396 e. The lowest BCUT2D eigenvalue weighted by atomic mass is 10.1. The molecule has 28 heavy (non-hydrogen) atoms. The van der Waals surface area contributed by atoms with Gasteiger partial charge < -0.3 is 10.4 Å². The van der Waals surface area contributed by atoms with Crippen LogP contribution in [0.4, 0.5) is 24.8 Å². The molecular weight excluding hydrogens is 371 g/mol. The van der Waals surface area contributed by atoms with Gasteiger partial charge in [-0.15, -0.1) is 5.10 Å². The molecule has 1 saturated heterocycles. The lowest BCUT2D eigenvalue weighted by molar-refractivity contribution is -0.137. The van der Waals surface area contributed by atoms with E-state index < -0.39 is 11.7 Å². The van der Waals surface area contributed by atoms with Gasteiger partial charge in [-0.05, 0) is 55.3 Å². The minimum atomic E-state index is -4.36. The molecule has 2 N–H and O–H groups in total. The highest BCUT2D eigenvalue weighted by Gasteiger charge is 2.30. The number of nitrogens with zero attached hydrogens (tertiary/aromatic N) is 4. The van der Waals surface area contributed by atoms with Crippen LogP contribution < -0.4 is 5.32 Å². The van der Waals surface area contributed by atoms with Crippen LogP contribution in [-0.4, -0.2) is 44.3 Å². The smallest absolute Gasteiger partial charge is 0.396 e. The first-order valence-electron chi connectivity index (χ1n) is 9.04. The minimum absolute atomic E-state index is 0.200. The monoisotopic (exact) mass is 391 g/mol. The van der Waals surface area contributed by atoms with Crippen molar-refractivity contribution in [3.8, 4) is 0 Å². The van der Waals surface area contributed by atoms with Gasteiger partial charge in [0.25, 0.3) is 0 Å². The highest BCUT2D eigenvalue weighted by Crippen LogP contribution is 2.30. The molecule has 0 spiro atoms. The molecule has 3 heterocycles. The first kappa shape index (κ1) is 18.7. The van der Waals surface area contributed by atoms with E-state index in [2.05, 4.69) is 20.3 Å². The number of aliphatic hydroxyl groups is 1. The third kappa shape index (κ3) is 3.95. The van der Waals surface area contributed by atoms with Crippen molar-refractivity contribution in [1.29, 1.82) is 0 Å². The Kier molecular flexibility index (Phi) is 4.94. The van der Waals surface area contributed by atoms with Crippen LogP contribution in [-0.2, 0) is 12.7 Å². The Morgan fingerprint density at radius 3 is 2.61 bits per heavy atom. The highest BCUT2D eigenvalue weighted by molar-refractivity contribution is 5.56. The molecule has 0 radical (unpaired) electrons. The van der Waals surface area contributed by atoms with Crippen molar-refractivity contribution >= 4 is 17.3 Å². The number of nitrogens with one attached hydrogen (secondary N) is 1. The SMILES string of the molecule is OCC1CCN(Cc2cccc3nc(Nc4ccc(C(F)(F)F)cc4)nn23)C1. The van der Waals surface area contributed by atoms with Gasteiger partial charge in [-0.1, -0.05) is 6.07 Å². The second-order valence-electron chi connectivity index (χ2n) is 7.00. The van der Waals surface area contributed by atoms with E-state index in [0.29, 0.717) is 29.7 Å². The third-order valence-electron chi connectivity index (χ3n) is 4.92. The van der Waals surface area contributed by atoms with Crippen molar-refractivity contribution in [2.75, 3.05) is 25.0 Å². The second kappa shape index (κ2) is 7.40. The predicted molar refractivity (Wildman–Crippen MR) is 98.2 cm³/mol. The lowest BCUT2D eigenvalue weighted by Gasteiger charge is -2.15. The molecule has 0 aliphatic carbocycles. The molecule has 6 nitrogen and oxygen atoms in total.